The fourth-order valence-corrected chi connectivity index (χ4v) is 0.502. The third kappa shape index (κ3) is 6.86. The van der Waals surface area contributed by atoms with Gasteiger partial charge in [-0.2, -0.15) is 0 Å². The van der Waals surface area contributed by atoms with Gasteiger partial charge in [-0.25, -0.2) is 10.2 Å². The van der Waals surface area contributed by atoms with Crippen molar-refractivity contribution >= 4 is 11.9 Å². The fraction of sp³-hybridized carbons (Fsp3) is 0.500. The molecule has 0 aliphatic carbocycles. The van der Waals surface area contributed by atoms with Gasteiger partial charge >= 0.3 is 6.03 Å². The lowest BCUT2D eigenvalue weighted by Crippen LogP contribution is -2.45. The van der Waals surface area contributed by atoms with Crippen LogP contribution in [0.1, 0.15) is 13.8 Å². The maximum absolute atomic E-state index is 10.9. The predicted molar refractivity (Wildman–Crippen MR) is 49.7 cm³/mol. The third-order valence-electron chi connectivity index (χ3n) is 1.16. The SMILES string of the molecule is CNC(=O)NNC(=O)/C=C/C(C)C. The molecule has 3 N–H and O–H groups in total. The van der Waals surface area contributed by atoms with Gasteiger partial charge in [0.2, 0.25) is 0 Å². The lowest BCUT2D eigenvalue weighted by Gasteiger charge is -2.03. The number of allylic oxidation sites excluding steroid dienone is 1. The van der Waals surface area contributed by atoms with Crippen LogP contribution in [0, 0.1) is 5.92 Å². The minimum absolute atomic E-state index is 0.311. The molecule has 0 fully saturated rings. The molecule has 0 radical (unpaired) electrons. The number of hydrazine groups is 1. The molecule has 5 heteroatoms. The van der Waals surface area contributed by atoms with Crippen molar-refractivity contribution in [3.63, 3.8) is 0 Å². The number of amides is 3. The molecular formula is C8H15N3O2. The molecule has 5 nitrogen and oxygen atoms in total. The second kappa shape index (κ2) is 6.05. The Morgan fingerprint density at radius 1 is 1.23 bits per heavy atom. The number of urea groups is 1. The third-order valence-corrected chi connectivity index (χ3v) is 1.16. The summed E-state index contributed by atoms with van der Waals surface area (Å²) in [6.07, 6.45) is 3.11. The average molecular weight is 185 g/mol. The number of nitrogens with one attached hydrogen (secondary N) is 3. The first kappa shape index (κ1) is 11.5. The van der Waals surface area contributed by atoms with E-state index in [1.54, 1.807) is 6.08 Å². The van der Waals surface area contributed by atoms with E-state index in [1.165, 1.54) is 13.1 Å². The minimum atomic E-state index is -0.453. The van der Waals surface area contributed by atoms with Gasteiger partial charge in [0, 0.05) is 13.1 Å². The van der Waals surface area contributed by atoms with E-state index in [0.717, 1.165) is 0 Å². The van der Waals surface area contributed by atoms with Crippen LogP contribution in [-0.4, -0.2) is 19.0 Å². The van der Waals surface area contributed by atoms with E-state index in [-0.39, 0.29) is 5.91 Å². The number of hydrogen-bond acceptors (Lipinski definition) is 2. The highest BCUT2D eigenvalue weighted by Crippen LogP contribution is 1.91. The van der Waals surface area contributed by atoms with Crippen LogP contribution in [0.5, 0.6) is 0 Å². The van der Waals surface area contributed by atoms with Gasteiger partial charge in [0.25, 0.3) is 5.91 Å². The zero-order valence-electron chi connectivity index (χ0n) is 8.05. The normalized spacial score (nSPS) is 10.2. The monoisotopic (exact) mass is 185 g/mol. The van der Waals surface area contributed by atoms with Gasteiger partial charge in [0.05, 0.1) is 0 Å². The number of carbonyl (C=O) groups is 2. The zero-order valence-corrected chi connectivity index (χ0v) is 8.05. The molecule has 0 spiro atoms. The Balaban J connectivity index is 3.70. The van der Waals surface area contributed by atoms with Crippen molar-refractivity contribution < 1.29 is 9.59 Å². The highest BCUT2D eigenvalue weighted by Gasteiger charge is 1.97. The van der Waals surface area contributed by atoms with Crippen LogP contribution in [0.4, 0.5) is 4.79 Å². The van der Waals surface area contributed by atoms with Crippen molar-refractivity contribution in [1.29, 1.82) is 0 Å². The van der Waals surface area contributed by atoms with Gasteiger partial charge in [-0.15, -0.1) is 0 Å². The van der Waals surface area contributed by atoms with E-state index < -0.39 is 6.03 Å². The van der Waals surface area contributed by atoms with Crippen LogP contribution in [0.15, 0.2) is 12.2 Å². The number of hydrogen-bond donors (Lipinski definition) is 3. The van der Waals surface area contributed by atoms with Gasteiger partial charge in [-0.1, -0.05) is 19.9 Å². The van der Waals surface area contributed by atoms with E-state index in [0.29, 0.717) is 5.92 Å². The van der Waals surface area contributed by atoms with Gasteiger partial charge in [0.15, 0.2) is 0 Å². The lowest BCUT2D eigenvalue weighted by molar-refractivity contribution is -0.117. The second-order valence-electron chi connectivity index (χ2n) is 2.80. The topological polar surface area (TPSA) is 70.2 Å². The summed E-state index contributed by atoms with van der Waals surface area (Å²) >= 11 is 0. The first-order valence-electron chi connectivity index (χ1n) is 4.02. The summed E-state index contributed by atoms with van der Waals surface area (Å²) in [6.45, 7) is 3.91. The molecule has 3 amide bonds. The van der Waals surface area contributed by atoms with E-state index in [1.807, 2.05) is 13.8 Å². The van der Waals surface area contributed by atoms with Gasteiger partial charge in [0.1, 0.15) is 0 Å². The van der Waals surface area contributed by atoms with Crippen molar-refractivity contribution in [3.8, 4) is 0 Å². The fourth-order valence-electron chi connectivity index (χ4n) is 0.502. The largest absolute Gasteiger partial charge is 0.340 e. The summed E-state index contributed by atoms with van der Waals surface area (Å²) in [6, 6.07) is -0.453. The maximum Gasteiger partial charge on any atom is 0.333 e. The smallest absolute Gasteiger partial charge is 0.333 e. The molecule has 0 unspecified atom stereocenters. The molecule has 0 aromatic carbocycles. The van der Waals surface area contributed by atoms with Crippen molar-refractivity contribution in [3.05, 3.63) is 12.2 Å². The molecule has 0 heterocycles. The molecule has 0 aromatic heterocycles. The Kier molecular flexibility index (Phi) is 5.34. The highest BCUT2D eigenvalue weighted by molar-refractivity contribution is 5.89. The Hall–Kier alpha value is -1.52. The van der Waals surface area contributed by atoms with Gasteiger partial charge in [-0.3, -0.25) is 10.2 Å². The van der Waals surface area contributed by atoms with Gasteiger partial charge < -0.3 is 5.32 Å². The molecule has 0 aromatic rings. The quantitative estimate of drug-likeness (QED) is 0.423. The Morgan fingerprint density at radius 2 is 1.85 bits per heavy atom. The minimum Gasteiger partial charge on any atom is -0.340 e. The summed E-state index contributed by atoms with van der Waals surface area (Å²) in [5, 5.41) is 2.30. The van der Waals surface area contributed by atoms with Crippen LogP contribution in [0.2, 0.25) is 0 Å². The Bertz CT molecular complexity index is 211. The van der Waals surface area contributed by atoms with Gasteiger partial charge in [-0.05, 0) is 5.92 Å². The molecule has 0 atom stereocenters. The molecule has 0 aliphatic heterocycles. The number of carbonyl (C=O) groups excluding carboxylic acids is 2. The second-order valence-corrected chi connectivity index (χ2v) is 2.80. The summed E-state index contributed by atoms with van der Waals surface area (Å²) in [5.41, 5.74) is 4.36. The molecule has 74 valence electrons. The molecule has 0 saturated heterocycles. The van der Waals surface area contributed by atoms with Crippen molar-refractivity contribution in [2.75, 3.05) is 7.05 Å². The van der Waals surface area contributed by atoms with Crippen LogP contribution in [0.25, 0.3) is 0 Å². The van der Waals surface area contributed by atoms with Crippen LogP contribution >= 0.6 is 0 Å². The van der Waals surface area contributed by atoms with Crippen LogP contribution in [-0.2, 0) is 4.79 Å². The van der Waals surface area contributed by atoms with Crippen LogP contribution < -0.4 is 16.2 Å². The summed E-state index contributed by atoms with van der Waals surface area (Å²) in [4.78, 5) is 21.5. The Labute approximate surface area is 77.5 Å². The van der Waals surface area contributed by atoms with Crippen LogP contribution in [0.3, 0.4) is 0 Å². The predicted octanol–water partition coefficient (Wildman–Crippen LogP) is 0.159. The molecule has 0 rings (SSSR count). The molecule has 0 saturated carbocycles. The molecule has 0 bridgehead atoms. The van der Waals surface area contributed by atoms with Crippen molar-refractivity contribution in [2.24, 2.45) is 5.92 Å². The maximum atomic E-state index is 10.9. The number of rotatable bonds is 2. The zero-order chi connectivity index (χ0) is 10.3. The van der Waals surface area contributed by atoms with E-state index >= 15 is 0 Å². The summed E-state index contributed by atoms with van der Waals surface area (Å²) < 4.78 is 0. The average Bonchev–Trinajstić information content (AvgIpc) is 2.10. The molecule has 0 aliphatic rings. The first-order valence-corrected chi connectivity index (χ1v) is 4.02. The molecular weight excluding hydrogens is 170 g/mol. The van der Waals surface area contributed by atoms with Crippen molar-refractivity contribution in [1.82, 2.24) is 16.2 Å². The summed E-state index contributed by atoms with van der Waals surface area (Å²) in [5.74, 6) is -0.0388. The summed E-state index contributed by atoms with van der Waals surface area (Å²) in [7, 11) is 1.46. The van der Waals surface area contributed by atoms with Crippen molar-refractivity contribution in [2.45, 2.75) is 13.8 Å². The molecule has 13 heavy (non-hydrogen) atoms. The van der Waals surface area contributed by atoms with E-state index in [4.69, 9.17) is 0 Å². The standard InChI is InChI=1S/C8H15N3O2/c1-6(2)4-5-7(12)10-11-8(13)9-3/h4-6H,1-3H3,(H,10,12)(H2,9,11,13)/b5-4+. The Morgan fingerprint density at radius 3 is 2.31 bits per heavy atom. The first-order chi connectivity index (χ1) is 6.06. The van der Waals surface area contributed by atoms with E-state index in [9.17, 15) is 9.59 Å². The highest BCUT2D eigenvalue weighted by atomic mass is 16.2. The lowest BCUT2D eigenvalue weighted by atomic mass is 10.2. The van der Waals surface area contributed by atoms with E-state index in [2.05, 4.69) is 16.2 Å².